The standard InChI is InChI=1S/C11H21FO/c1-5-9(2)10(3)8-11(4)13-7-6-12/h8-10H,5-7H2,1-4H3. The van der Waals surface area contributed by atoms with E-state index in [1.165, 1.54) is 0 Å². The highest BCUT2D eigenvalue weighted by Gasteiger charge is 2.07. The third kappa shape index (κ3) is 5.67. The van der Waals surface area contributed by atoms with E-state index in [4.69, 9.17) is 4.74 Å². The molecule has 0 bridgehead atoms. The topological polar surface area (TPSA) is 9.23 Å². The maximum absolute atomic E-state index is 11.8. The average Bonchev–Trinajstić information content (AvgIpc) is 2.13. The summed E-state index contributed by atoms with van der Waals surface area (Å²) in [6, 6.07) is 0. The minimum atomic E-state index is -0.414. The number of alkyl halides is 1. The van der Waals surface area contributed by atoms with Gasteiger partial charge < -0.3 is 4.74 Å². The number of hydrogen-bond donors (Lipinski definition) is 0. The quantitative estimate of drug-likeness (QED) is 0.579. The molecule has 2 unspecified atom stereocenters. The van der Waals surface area contributed by atoms with E-state index in [-0.39, 0.29) is 6.61 Å². The molecule has 0 saturated carbocycles. The molecule has 78 valence electrons. The van der Waals surface area contributed by atoms with E-state index in [0.29, 0.717) is 11.8 Å². The van der Waals surface area contributed by atoms with Crippen LogP contribution in [-0.2, 0) is 4.74 Å². The summed E-state index contributed by atoms with van der Waals surface area (Å²) in [7, 11) is 0. The van der Waals surface area contributed by atoms with Crippen molar-refractivity contribution in [1.29, 1.82) is 0 Å². The summed E-state index contributed by atoms with van der Waals surface area (Å²) < 4.78 is 16.9. The Balaban J connectivity index is 3.90. The van der Waals surface area contributed by atoms with Crippen LogP contribution in [0.4, 0.5) is 4.39 Å². The second kappa shape index (κ2) is 6.93. The largest absolute Gasteiger partial charge is 0.496 e. The maximum atomic E-state index is 11.8. The lowest BCUT2D eigenvalue weighted by molar-refractivity contribution is 0.185. The van der Waals surface area contributed by atoms with Crippen LogP contribution in [0.1, 0.15) is 34.1 Å². The maximum Gasteiger partial charge on any atom is 0.123 e. The molecule has 0 radical (unpaired) electrons. The molecular weight excluding hydrogens is 167 g/mol. The normalized spacial score (nSPS) is 16.8. The molecule has 2 atom stereocenters. The van der Waals surface area contributed by atoms with Crippen molar-refractivity contribution in [3.05, 3.63) is 11.8 Å². The van der Waals surface area contributed by atoms with E-state index in [1.807, 2.05) is 6.92 Å². The Labute approximate surface area is 81.0 Å². The lowest BCUT2D eigenvalue weighted by Gasteiger charge is -2.15. The van der Waals surface area contributed by atoms with Crippen molar-refractivity contribution in [3.63, 3.8) is 0 Å². The molecule has 13 heavy (non-hydrogen) atoms. The molecule has 0 amide bonds. The van der Waals surface area contributed by atoms with Crippen molar-refractivity contribution in [2.24, 2.45) is 11.8 Å². The molecule has 0 aromatic carbocycles. The van der Waals surface area contributed by atoms with Gasteiger partial charge in [0.25, 0.3) is 0 Å². The summed E-state index contributed by atoms with van der Waals surface area (Å²) in [6.45, 7) is 8.19. The van der Waals surface area contributed by atoms with Gasteiger partial charge in [-0.1, -0.05) is 27.2 Å². The highest BCUT2D eigenvalue weighted by atomic mass is 19.1. The van der Waals surface area contributed by atoms with E-state index < -0.39 is 6.67 Å². The molecule has 0 fully saturated rings. The fraction of sp³-hybridized carbons (Fsp3) is 0.818. The summed E-state index contributed by atoms with van der Waals surface area (Å²) in [4.78, 5) is 0. The molecular formula is C11H21FO. The Kier molecular flexibility index (Phi) is 6.65. The van der Waals surface area contributed by atoms with Crippen molar-refractivity contribution in [2.75, 3.05) is 13.3 Å². The number of rotatable bonds is 6. The lowest BCUT2D eigenvalue weighted by atomic mass is 9.93. The van der Waals surface area contributed by atoms with E-state index >= 15 is 0 Å². The Morgan fingerprint density at radius 3 is 2.54 bits per heavy atom. The molecule has 2 heteroatoms. The molecule has 0 heterocycles. The second-order valence-corrected chi connectivity index (χ2v) is 3.56. The number of halogens is 1. The number of allylic oxidation sites excluding steroid dienone is 2. The van der Waals surface area contributed by atoms with Gasteiger partial charge >= 0.3 is 0 Å². The van der Waals surface area contributed by atoms with Crippen LogP contribution in [0.3, 0.4) is 0 Å². The third-order valence-corrected chi connectivity index (χ3v) is 2.45. The van der Waals surface area contributed by atoms with Crippen LogP contribution in [0.25, 0.3) is 0 Å². The molecule has 0 saturated heterocycles. The molecule has 0 aliphatic heterocycles. The van der Waals surface area contributed by atoms with E-state index in [9.17, 15) is 4.39 Å². The van der Waals surface area contributed by atoms with Crippen LogP contribution in [0.5, 0.6) is 0 Å². The first-order valence-corrected chi connectivity index (χ1v) is 4.99. The highest BCUT2D eigenvalue weighted by molar-refractivity contribution is 4.93. The predicted octanol–water partition coefficient (Wildman–Crippen LogP) is 3.56. The van der Waals surface area contributed by atoms with Gasteiger partial charge in [-0.3, -0.25) is 0 Å². The molecule has 1 nitrogen and oxygen atoms in total. The first-order valence-electron chi connectivity index (χ1n) is 4.99. The minimum absolute atomic E-state index is 0.176. The summed E-state index contributed by atoms with van der Waals surface area (Å²) in [6.07, 6.45) is 3.23. The molecule has 0 spiro atoms. The minimum Gasteiger partial charge on any atom is -0.496 e. The van der Waals surface area contributed by atoms with Gasteiger partial charge in [0.2, 0.25) is 0 Å². The Bertz CT molecular complexity index is 154. The Morgan fingerprint density at radius 1 is 1.46 bits per heavy atom. The zero-order valence-corrected chi connectivity index (χ0v) is 9.14. The van der Waals surface area contributed by atoms with E-state index in [0.717, 1.165) is 12.2 Å². The van der Waals surface area contributed by atoms with Crippen LogP contribution >= 0.6 is 0 Å². The van der Waals surface area contributed by atoms with Crippen LogP contribution in [0.2, 0.25) is 0 Å². The van der Waals surface area contributed by atoms with Gasteiger partial charge in [0.05, 0.1) is 5.76 Å². The fourth-order valence-corrected chi connectivity index (χ4v) is 1.15. The first-order chi connectivity index (χ1) is 6.11. The highest BCUT2D eigenvalue weighted by Crippen LogP contribution is 2.17. The van der Waals surface area contributed by atoms with E-state index in [2.05, 4.69) is 26.8 Å². The third-order valence-electron chi connectivity index (χ3n) is 2.45. The van der Waals surface area contributed by atoms with Gasteiger partial charge in [0.15, 0.2) is 0 Å². The summed E-state index contributed by atoms with van der Waals surface area (Å²) in [5, 5.41) is 0. The molecule has 0 rings (SSSR count). The molecule has 0 aliphatic rings. The van der Waals surface area contributed by atoms with Gasteiger partial charge in [-0.15, -0.1) is 0 Å². The van der Waals surface area contributed by atoms with Crippen molar-refractivity contribution in [2.45, 2.75) is 34.1 Å². The SMILES string of the molecule is CCC(C)C(C)C=C(C)OCCF. The van der Waals surface area contributed by atoms with Crippen molar-refractivity contribution in [3.8, 4) is 0 Å². The predicted molar refractivity (Wildman–Crippen MR) is 54.3 cm³/mol. The molecule has 0 N–H and O–H groups in total. The Hall–Kier alpha value is -0.530. The van der Waals surface area contributed by atoms with Gasteiger partial charge in [-0.2, -0.15) is 0 Å². The summed E-state index contributed by atoms with van der Waals surface area (Å²) in [5.74, 6) is 2.00. The molecule has 0 aliphatic carbocycles. The summed E-state index contributed by atoms with van der Waals surface area (Å²) >= 11 is 0. The monoisotopic (exact) mass is 188 g/mol. The van der Waals surface area contributed by atoms with Crippen LogP contribution in [0.15, 0.2) is 11.8 Å². The van der Waals surface area contributed by atoms with Crippen molar-refractivity contribution < 1.29 is 9.13 Å². The van der Waals surface area contributed by atoms with Crippen LogP contribution < -0.4 is 0 Å². The first kappa shape index (κ1) is 12.5. The van der Waals surface area contributed by atoms with Gasteiger partial charge in [-0.05, 0) is 24.8 Å². The van der Waals surface area contributed by atoms with Gasteiger partial charge in [0, 0.05) is 0 Å². The Morgan fingerprint density at radius 2 is 2.08 bits per heavy atom. The smallest absolute Gasteiger partial charge is 0.123 e. The van der Waals surface area contributed by atoms with Crippen LogP contribution in [0, 0.1) is 11.8 Å². The molecule has 0 aromatic rings. The number of hydrogen-bond acceptors (Lipinski definition) is 1. The van der Waals surface area contributed by atoms with Gasteiger partial charge in [-0.25, -0.2) is 4.39 Å². The van der Waals surface area contributed by atoms with Crippen molar-refractivity contribution >= 4 is 0 Å². The lowest BCUT2D eigenvalue weighted by Crippen LogP contribution is -2.05. The summed E-state index contributed by atoms with van der Waals surface area (Å²) in [5.41, 5.74) is 0. The van der Waals surface area contributed by atoms with Crippen molar-refractivity contribution in [1.82, 2.24) is 0 Å². The van der Waals surface area contributed by atoms with Gasteiger partial charge in [0.1, 0.15) is 13.3 Å². The second-order valence-electron chi connectivity index (χ2n) is 3.56. The van der Waals surface area contributed by atoms with Crippen LogP contribution in [-0.4, -0.2) is 13.3 Å². The zero-order valence-electron chi connectivity index (χ0n) is 9.14. The fourth-order valence-electron chi connectivity index (χ4n) is 1.15. The molecule has 0 aromatic heterocycles. The number of ether oxygens (including phenoxy) is 1. The average molecular weight is 188 g/mol. The van der Waals surface area contributed by atoms with E-state index in [1.54, 1.807) is 0 Å². The zero-order chi connectivity index (χ0) is 10.3.